The summed E-state index contributed by atoms with van der Waals surface area (Å²) in [4.78, 5) is 14.4. The van der Waals surface area contributed by atoms with Crippen molar-refractivity contribution in [2.24, 2.45) is 0 Å². The molecule has 136 valence electrons. The second-order valence-electron chi connectivity index (χ2n) is 6.69. The van der Waals surface area contributed by atoms with Gasteiger partial charge >= 0.3 is 0 Å². The van der Waals surface area contributed by atoms with Crippen LogP contribution in [0.3, 0.4) is 0 Å². The lowest BCUT2D eigenvalue weighted by Gasteiger charge is -2.26. The van der Waals surface area contributed by atoms with Gasteiger partial charge in [-0.15, -0.1) is 11.3 Å². The molecule has 0 saturated heterocycles. The molecule has 3 heterocycles. The highest BCUT2D eigenvalue weighted by Crippen LogP contribution is 2.37. The summed E-state index contributed by atoms with van der Waals surface area (Å²) < 4.78 is 0. The number of hydrogen-bond donors (Lipinski definition) is 1. The minimum atomic E-state index is 0.652. The van der Waals surface area contributed by atoms with Crippen LogP contribution in [0.5, 0.6) is 0 Å². The predicted octanol–water partition coefficient (Wildman–Crippen LogP) is 4.38. The van der Waals surface area contributed by atoms with Gasteiger partial charge < -0.3 is 5.73 Å². The molecule has 2 aromatic heterocycles. The molecule has 4 rings (SSSR count). The van der Waals surface area contributed by atoms with Crippen LogP contribution >= 0.6 is 23.1 Å². The Bertz CT molecular complexity index is 892. The van der Waals surface area contributed by atoms with E-state index in [0.29, 0.717) is 5.82 Å². The fraction of sp³-hybridized carbons (Fsp3) is 0.400. The van der Waals surface area contributed by atoms with Gasteiger partial charge in [-0.05, 0) is 36.9 Å². The summed E-state index contributed by atoms with van der Waals surface area (Å²) in [5.74, 6) is 1.61. The van der Waals surface area contributed by atoms with Crippen molar-refractivity contribution in [2.75, 3.05) is 24.6 Å². The molecular formula is C20H24N4S2. The molecule has 0 spiro atoms. The van der Waals surface area contributed by atoms with Crippen LogP contribution < -0.4 is 5.73 Å². The van der Waals surface area contributed by atoms with Gasteiger partial charge in [-0.2, -0.15) is 0 Å². The highest BCUT2D eigenvalue weighted by Gasteiger charge is 2.23. The summed E-state index contributed by atoms with van der Waals surface area (Å²) in [7, 11) is 0. The highest BCUT2D eigenvalue weighted by molar-refractivity contribution is 7.99. The molecule has 6 heteroatoms. The van der Waals surface area contributed by atoms with Gasteiger partial charge in [0, 0.05) is 23.7 Å². The maximum absolute atomic E-state index is 6.33. The molecule has 0 fully saturated rings. The average Bonchev–Trinajstić information content (AvgIpc) is 3.01. The van der Waals surface area contributed by atoms with E-state index in [0.717, 1.165) is 53.6 Å². The third kappa shape index (κ3) is 3.72. The third-order valence-corrected chi connectivity index (χ3v) is 6.75. The van der Waals surface area contributed by atoms with Crippen molar-refractivity contribution in [3.63, 3.8) is 0 Å². The number of thioether (sulfide) groups is 1. The van der Waals surface area contributed by atoms with E-state index < -0.39 is 0 Å². The summed E-state index contributed by atoms with van der Waals surface area (Å²) in [6.45, 7) is 5.54. The van der Waals surface area contributed by atoms with Gasteiger partial charge in [0.2, 0.25) is 0 Å². The molecule has 1 aliphatic rings. The van der Waals surface area contributed by atoms with Crippen molar-refractivity contribution in [1.82, 2.24) is 14.9 Å². The minimum Gasteiger partial charge on any atom is -0.383 e. The zero-order chi connectivity index (χ0) is 17.9. The molecule has 1 aromatic carbocycles. The average molecular weight is 385 g/mol. The van der Waals surface area contributed by atoms with Crippen molar-refractivity contribution in [2.45, 2.75) is 37.9 Å². The van der Waals surface area contributed by atoms with Gasteiger partial charge in [-0.1, -0.05) is 49.0 Å². The van der Waals surface area contributed by atoms with Crippen LogP contribution in [0.25, 0.3) is 10.2 Å². The van der Waals surface area contributed by atoms with Gasteiger partial charge in [-0.25, -0.2) is 9.97 Å². The Morgan fingerprint density at radius 2 is 2.08 bits per heavy atom. The van der Waals surface area contributed by atoms with Crippen molar-refractivity contribution in [3.05, 3.63) is 46.3 Å². The molecule has 0 amide bonds. The maximum atomic E-state index is 6.33. The standard InChI is InChI=1S/C20H24N4S2/c1-2-10-24-11-8-15-16(13-24)26-19-17(15)18(21)22-20(23-19)25-12-9-14-6-4-3-5-7-14/h3-7H,2,8-13H2,1H3,(H2,21,22,23). The molecular weight excluding hydrogens is 360 g/mol. The number of benzene rings is 1. The minimum absolute atomic E-state index is 0.652. The van der Waals surface area contributed by atoms with Crippen LogP contribution in [0.1, 0.15) is 29.3 Å². The van der Waals surface area contributed by atoms with Crippen LogP contribution in [0.4, 0.5) is 5.82 Å². The van der Waals surface area contributed by atoms with E-state index in [9.17, 15) is 0 Å². The SMILES string of the molecule is CCCN1CCc2c(sc3nc(SCCc4ccccc4)nc(N)c23)C1. The second kappa shape index (κ2) is 7.94. The van der Waals surface area contributed by atoms with Gasteiger partial charge in [0.1, 0.15) is 10.6 Å². The molecule has 0 radical (unpaired) electrons. The summed E-state index contributed by atoms with van der Waals surface area (Å²) >= 11 is 3.49. The Kier molecular flexibility index (Phi) is 5.43. The molecule has 26 heavy (non-hydrogen) atoms. The van der Waals surface area contributed by atoms with Crippen LogP contribution in [0.15, 0.2) is 35.5 Å². The molecule has 4 nitrogen and oxygen atoms in total. The van der Waals surface area contributed by atoms with E-state index >= 15 is 0 Å². The zero-order valence-corrected chi connectivity index (χ0v) is 16.7. The van der Waals surface area contributed by atoms with E-state index in [4.69, 9.17) is 10.7 Å². The predicted molar refractivity (Wildman–Crippen MR) is 112 cm³/mol. The first-order valence-corrected chi connectivity index (χ1v) is 11.0. The first kappa shape index (κ1) is 17.8. The molecule has 2 N–H and O–H groups in total. The van der Waals surface area contributed by atoms with Gasteiger partial charge in [0.25, 0.3) is 0 Å². The number of fused-ring (bicyclic) bond motifs is 3. The Morgan fingerprint density at radius 3 is 2.88 bits per heavy atom. The Morgan fingerprint density at radius 1 is 1.23 bits per heavy atom. The van der Waals surface area contributed by atoms with Crippen molar-refractivity contribution in [3.8, 4) is 0 Å². The largest absolute Gasteiger partial charge is 0.383 e. The number of aryl methyl sites for hydroxylation is 1. The number of aromatic nitrogens is 2. The molecule has 1 aliphatic heterocycles. The molecule has 0 bridgehead atoms. The maximum Gasteiger partial charge on any atom is 0.190 e. The fourth-order valence-corrected chi connectivity index (χ4v) is 5.70. The lowest BCUT2D eigenvalue weighted by Crippen LogP contribution is -2.30. The molecule has 3 aromatic rings. The third-order valence-electron chi connectivity index (χ3n) is 4.79. The van der Waals surface area contributed by atoms with Crippen molar-refractivity contribution in [1.29, 1.82) is 0 Å². The Balaban J connectivity index is 1.51. The fourth-order valence-electron chi connectivity index (χ4n) is 3.53. The molecule has 0 unspecified atom stereocenters. The quantitative estimate of drug-likeness (QED) is 0.505. The first-order valence-electron chi connectivity index (χ1n) is 9.21. The lowest BCUT2D eigenvalue weighted by atomic mass is 10.1. The smallest absolute Gasteiger partial charge is 0.190 e. The number of nitrogens with two attached hydrogens (primary N) is 1. The zero-order valence-electron chi connectivity index (χ0n) is 15.1. The second-order valence-corrected chi connectivity index (χ2v) is 8.83. The van der Waals surface area contributed by atoms with E-state index in [1.165, 1.54) is 22.4 Å². The Labute approximate surface area is 162 Å². The van der Waals surface area contributed by atoms with Gasteiger partial charge in [0.05, 0.1) is 5.39 Å². The lowest BCUT2D eigenvalue weighted by molar-refractivity contribution is 0.258. The van der Waals surface area contributed by atoms with Crippen LogP contribution in [-0.2, 0) is 19.4 Å². The van der Waals surface area contributed by atoms with Crippen LogP contribution in [-0.4, -0.2) is 33.7 Å². The van der Waals surface area contributed by atoms with Crippen molar-refractivity contribution >= 4 is 39.1 Å². The first-order chi connectivity index (χ1) is 12.7. The molecule has 0 atom stereocenters. The number of hydrogen-bond acceptors (Lipinski definition) is 6. The molecule has 0 saturated carbocycles. The van der Waals surface area contributed by atoms with Crippen LogP contribution in [0.2, 0.25) is 0 Å². The molecule has 0 aliphatic carbocycles. The number of nitrogen functional groups attached to an aromatic ring is 1. The van der Waals surface area contributed by atoms with Gasteiger partial charge in [-0.3, -0.25) is 4.90 Å². The number of nitrogens with zero attached hydrogens (tertiary/aromatic N) is 3. The number of anilines is 1. The summed E-state index contributed by atoms with van der Waals surface area (Å²) in [6, 6.07) is 10.5. The highest BCUT2D eigenvalue weighted by atomic mass is 32.2. The van der Waals surface area contributed by atoms with Gasteiger partial charge in [0.15, 0.2) is 5.16 Å². The number of thiophene rings is 1. The normalized spacial score (nSPS) is 14.7. The van der Waals surface area contributed by atoms with E-state index in [2.05, 4.69) is 47.1 Å². The van der Waals surface area contributed by atoms with E-state index in [-0.39, 0.29) is 0 Å². The number of rotatable bonds is 6. The summed E-state index contributed by atoms with van der Waals surface area (Å²) in [5.41, 5.74) is 9.06. The van der Waals surface area contributed by atoms with Crippen molar-refractivity contribution < 1.29 is 0 Å². The summed E-state index contributed by atoms with van der Waals surface area (Å²) in [6.07, 6.45) is 3.27. The topological polar surface area (TPSA) is 55.0 Å². The Hall–Kier alpha value is -1.63. The van der Waals surface area contributed by atoms with Crippen LogP contribution in [0, 0.1) is 0 Å². The van der Waals surface area contributed by atoms with E-state index in [1.54, 1.807) is 23.1 Å². The monoisotopic (exact) mass is 384 g/mol. The van der Waals surface area contributed by atoms with E-state index in [1.807, 2.05) is 0 Å². The summed E-state index contributed by atoms with van der Waals surface area (Å²) in [5, 5.41) is 1.91.